The minimum Gasteiger partial charge on any atom is -0.450 e. The first kappa shape index (κ1) is 14.6. The predicted octanol–water partition coefficient (Wildman–Crippen LogP) is 1.74. The Hall–Kier alpha value is -1.76. The van der Waals surface area contributed by atoms with E-state index < -0.39 is 0 Å². The molecular formula is C12H18ClN5O2. The van der Waals surface area contributed by atoms with Crippen molar-refractivity contribution in [1.82, 2.24) is 14.9 Å². The van der Waals surface area contributed by atoms with Gasteiger partial charge in [0, 0.05) is 19.1 Å². The molecule has 1 aromatic rings. The second-order valence-corrected chi connectivity index (χ2v) is 4.89. The minimum absolute atomic E-state index is 0.158. The van der Waals surface area contributed by atoms with Crippen molar-refractivity contribution in [3.8, 4) is 0 Å². The summed E-state index contributed by atoms with van der Waals surface area (Å²) in [5.74, 6) is 0.541. The molecule has 1 aliphatic heterocycles. The number of hydrogen-bond acceptors (Lipinski definition) is 6. The Morgan fingerprint density at radius 1 is 1.60 bits per heavy atom. The monoisotopic (exact) mass is 299 g/mol. The van der Waals surface area contributed by atoms with Gasteiger partial charge in [0.05, 0.1) is 18.5 Å². The van der Waals surface area contributed by atoms with Gasteiger partial charge in [0.1, 0.15) is 0 Å². The second kappa shape index (κ2) is 6.60. The fraction of sp³-hybridized carbons (Fsp3) is 0.583. The molecule has 20 heavy (non-hydrogen) atoms. The Balaban J connectivity index is 1.88. The number of aromatic nitrogens is 2. The van der Waals surface area contributed by atoms with E-state index in [4.69, 9.17) is 22.1 Å². The number of ether oxygens (including phenoxy) is 1. The van der Waals surface area contributed by atoms with Gasteiger partial charge in [0.15, 0.2) is 5.82 Å². The summed E-state index contributed by atoms with van der Waals surface area (Å²) >= 11 is 5.75. The summed E-state index contributed by atoms with van der Waals surface area (Å²) < 4.78 is 4.98. The largest absolute Gasteiger partial charge is 0.450 e. The molecule has 110 valence electrons. The molecule has 2 heterocycles. The van der Waals surface area contributed by atoms with Crippen molar-refractivity contribution in [2.45, 2.75) is 25.8 Å². The van der Waals surface area contributed by atoms with Crippen LogP contribution in [0.3, 0.4) is 0 Å². The average Bonchev–Trinajstić information content (AvgIpc) is 2.44. The Morgan fingerprint density at radius 2 is 2.30 bits per heavy atom. The lowest BCUT2D eigenvalue weighted by atomic mass is 10.1. The van der Waals surface area contributed by atoms with Crippen molar-refractivity contribution in [2.75, 3.05) is 30.7 Å². The van der Waals surface area contributed by atoms with E-state index in [0.717, 1.165) is 12.8 Å². The number of carbonyl (C=O) groups excluding carboxylic acids is 1. The number of likely N-dealkylation sites (tertiary alicyclic amines) is 1. The first-order valence-corrected chi connectivity index (χ1v) is 6.94. The molecule has 0 aromatic carbocycles. The van der Waals surface area contributed by atoms with Crippen LogP contribution >= 0.6 is 11.6 Å². The van der Waals surface area contributed by atoms with Crippen LogP contribution in [-0.2, 0) is 4.74 Å². The molecule has 0 saturated carbocycles. The van der Waals surface area contributed by atoms with E-state index in [2.05, 4.69) is 15.3 Å². The van der Waals surface area contributed by atoms with Crippen LogP contribution in [0.2, 0.25) is 5.28 Å². The number of nitrogens with one attached hydrogen (secondary N) is 1. The molecule has 1 fully saturated rings. The number of nitrogen functional groups attached to an aromatic ring is 1. The lowest BCUT2D eigenvalue weighted by Crippen LogP contribution is -2.42. The van der Waals surface area contributed by atoms with E-state index in [1.807, 2.05) is 0 Å². The Bertz CT molecular complexity index is 477. The van der Waals surface area contributed by atoms with Crippen LogP contribution in [0.1, 0.15) is 19.8 Å². The third-order valence-electron chi connectivity index (χ3n) is 3.15. The number of amides is 1. The first-order valence-electron chi connectivity index (χ1n) is 6.56. The van der Waals surface area contributed by atoms with Crippen molar-refractivity contribution in [3.05, 3.63) is 11.5 Å². The maximum absolute atomic E-state index is 11.6. The lowest BCUT2D eigenvalue weighted by molar-refractivity contribution is 0.0983. The molecule has 0 unspecified atom stereocenters. The number of rotatable bonds is 3. The molecule has 0 aliphatic carbocycles. The number of nitrogens with two attached hydrogens (primary N) is 1. The zero-order valence-corrected chi connectivity index (χ0v) is 12.1. The summed E-state index contributed by atoms with van der Waals surface area (Å²) in [6, 6.07) is 0.203. The highest BCUT2D eigenvalue weighted by atomic mass is 35.5. The van der Waals surface area contributed by atoms with Crippen LogP contribution in [-0.4, -0.2) is 46.7 Å². The van der Waals surface area contributed by atoms with Crippen molar-refractivity contribution in [1.29, 1.82) is 0 Å². The van der Waals surface area contributed by atoms with Gasteiger partial charge in [-0.2, -0.15) is 4.98 Å². The Kier molecular flexibility index (Phi) is 4.84. The van der Waals surface area contributed by atoms with Crippen molar-refractivity contribution in [2.24, 2.45) is 0 Å². The van der Waals surface area contributed by atoms with Gasteiger partial charge in [-0.15, -0.1) is 0 Å². The number of carbonyl (C=O) groups is 1. The van der Waals surface area contributed by atoms with E-state index in [0.29, 0.717) is 31.2 Å². The highest BCUT2D eigenvalue weighted by molar-refractivity contribution is 6.28. The SMILES string of the molecule is CCOC(=O)N1CCC(Nc2nc(Cl)ncc2N)CC1. The topological polar surface area (TPSA) is 93.4 Å². The van der Waals surface area contributed by atoms with Crippen LogP contribution < -0.4 is 11.1 Å². The molecule has 3 N–H and O–H groups in total. The summed E-state index contributed by atoms with van der Waals surface area (Å²) in [5, 5.41) is 3.40. The van der Waals surface area contributed by atoms with E-state index in [9.17, 15) is 4.79 Å². The smallest absolute Gasteiger partial charge is 0.409 e. The van der Waals surface area contributed by atoms with E-state index in [1.54, 1.807) is 11.8 Å². The number of hydrogen-bond donors (Lipinski definition) is 2. The van der Waals surface area contributed by atoms with Gasteiger partial charge >= 0.3 is 6.09 Å². The van der Waals surface area contributed by atoms with Crippen LogP contribution in [0.4, 0.5) is 16.3 Å². The van der Waals surface area contributed by atoms with E-state index >= 15 is 0 Å². The van der Waals surface area contributed by atoms with Crippen LogP contribution in [0, 0.1) is 0 Å². The predicted molar refractivity (Wildman–Crippen MR) is 76.7 cm³/mol. The Labute approximate surface area is 122 Å². The van der Waals surface area contributed by atoms with Gasteiger partial charge in [0.25, 0.3) is 0 Å². The Morgan fingerprint density at radius 3 is 2.95 bits per heavy atom. The molecule has 0 radical (unpaired) electrons. The van der Waals surface area contributed by atoms with Gasteiger partial charge in [-0.25, -0.2) is 9.78 Å². The normalized spacial score (nSPS) is 16.0. The van der Waals surface area contributed by atoms with Crippen LogP contribution in [0.15, 0.2) is 6.20 Å². The van der Waals surface area contributed by atoms with Crippen LogP contribution in [0.5, 0.6) is 0 Å². The fourth-order valence-corrected chi connectivity index (χ4v) is 2.23. The fourth-order valence-electron chi connectivity index (χ4n) is 2.10. The average molecular weight is 300 g/mol. The number of nitrogens with zero attached hydrogens (tertiary/aromatic N) is 3. The van der Waals surface area contributed by atoms with Gasteiger partial charge in [-0.1, -0.05) is 0 Å². The van der Waals surface area contributed by atoms with Crippen molar-refractivity contribution >= 4 is 29.2 Å². The zero-order valence-electron chi connectivity index (χ0n) is 11.3. The standard InChI is InChI=1S/C12H18ClN5O2/c1-2-20-12(19)18-5-3-8(4-6-18)16-10-9(14)7-15-11(13)17-10/h7-8H,2-6,14H2,1H3,(H,15,16,17). The van der Waals surface area contributed by atoms with E-state index in [1.165, 1.54) is 6.20 Å². The number of anilines is 2. The van der Waals surface area contributed by atoms with Crippen molar-refractivity contribution < 1.29 is 9.53 Å². The molecule has 0 atom stereocenters. The highest BCUT2D eigenvalue weighted by Gasteiger charge is 2.24. The molecule has 0 spiro atoms. The summed E-state index contributed by atoms with van der Waals surface area (Å²) in [5.41, 5.74) is 6.25. The third-order valence-corrected chi connectivity index (χ3v) is 3.33. The van der Waals surface area contributed by atoms with Gasteiger partial charge in [-0.3, -0.25) is 0 Å². The molecule has 0 bridgehead atoms. The number of halogens is 1. The molecule has 7 nitrogen and oxygen atoms in total. The lowest BCUT2D eigenvalue weighted by Gasteiger charge is -2.32. The maximum atomic E-state index is 11.6. The van der Waals surface area contributed by atoms with Gasteiger partial charge in [-0.05, 0) is 31.4 Å². The van der Waals surface area contributed by atoms with Crippen LogP contribution in [0.25, 0.3) is 0 Å². The van der Waals surface area contributed by atoms with E-state index in [-0.39, 0.29) is 17.4 Å². The molecule has 1 aromatic heterocycles. The number of piperidine rings is 1. The van der Waals surface area contributed by atoms with Crippen molar-refractivity contribution in [3.63, 3.8) is 0 Å². The maximum Gasteiger partial charge on any atom is 0.409 e. The third kappa shape index (κ3) is 3.63. The van der Waals surface area contributed by atoms with Gasteiger partial charge < -0.3 is 20.7 Å². The summed E-state index contributed by atoms with van der Waals surface area (Å²) in [4.78, 5) is 21.2. The highest BCUT2D eigenvalue weighted by Crippen LogP contribution is 2.21. The molecule has 1 saturated heterocycles. The summed E-state index contributed by atoms with van der Waals surface area (Å²) in [6.45, 7) is 3.49. The molecule has 1 aliphatic rings. The summed E-state index contributed by atoms with van der Waals surface area (Å²) in [7, 11) is 0. The quantitative estimate of drug-likeness (QED) is 0.826. The zero-order chi connectivity index (χ0) is 14.5. The molecular weight excluding hydrogens is 282 g/mol. The summed E-state index contributed by atoms with van der Waals surface area (Å²) in [6.07, 6.45) is 2.83. The molecule has 8 heteroatoms. The second-order valence-electron chi connectivity index (χ2n) is 4.55. The minimum atomic E-state index is -0.254. The van der Waals surface area contributed by atoms with Gasteiger partial charge in [0.2, 0.25) is 5.28 Å². The first-order chi connectivity index (χ1) is 9.60. The molecule has 2 rings (SSSR count). The molecule has 1 amide bonds.